The van der Waals surface area contributed by atoms with E-state index in [9.17, 15) is 14.7 Å². The standard InChI is InChI=1S/C18H25NO5/c1-3-23-14-7-4-5-8-15(14)24-12-6-9-16(20)19-11-10-18(2,13-19)17(21)22/h4-5,7-8H,3,6,9-13H2,1-2H3,(H,21,22)/t18-/m1/s1. The van der Waals surface area contributed by atoms with Gasteiger partial charge in [0, 0.05) is 19.5 Å². The van der Waals surface area contributed by atoms with Crippen molar-refractivity contribution in [3.63, 3.8) is 0 Å². The fourth-order valence-corrected chi connectivity index (χ4v) is 2.76. The summed E-state index contributed by atoms with van der Waals surface area (Å²) in [4.78, 5) is 25.1. The third-order valence-electron chi connectivity index (χ3n) is 4.28. The highest BCUT2D eigenvalue weighted by atomic mass is 16.5. The van der Waals surface area contributed by atoms with E-state index in [-0.39, 0.29) is 12.5 Å². The maximum atomic E-state index is 12.2. The van der Waals surface area contributed by atoms with Crippen molar-refractivity contribution in [2.45, 2.75) is 33.1 Å². The van der Waals surface area contributed by atoms with E-state index in [0.717, 1.165) is 0 Å². The molecule has 1 heterocycles. The molecule has 0 radical (unpaired) electrons. The van der Waals surface area contributed by atoms with Gasteiger partial charge in [0.2, 0.25) is 5.91 Å². The van der Waals surface area contributed by atoms with Crippen LogP contribution in [0.15, 0.2) is 24.3 Å². The molecule has 1 aliphatic rings. The van der Waals surface area contributed by atoms with Gasteiger partial charge in [0.15, 0.2) is 11.5 Å². The highest BCUT2D eigenvalue weighted by Crippen LogP contribution is 2.30. The quantitative estimate of drug-likeness (QED) is 0.739. The van der Waals surface area contributed by atoms with Crippen LogP contribution in [0.3, 0.4) is 0 Å². The van der Waals surface area contributed by atoms with Crippen molar-refractivity contribution in [1.29, 1.82) is 0 Å². The summed E-state index contributed by atoms with van der Waals surface area (Å²) < 4.78 is 11.2. The molecule has 0 unspecified atom stereocenters. The molecule has 0 saturated carbocycles. The average molecular weight is 335 g/mol. The van der Waals surface area contributed by atoms with Crippen molar-refractivity contribution in [3.05, 3.63) is 24.3 Å². The molecule has 0 spiro atoms. The lowest BCUT2D eigenvalue weighted by Crippen LogP contribution is -2.34. The minimum Gasteiger partial charge on any atom is -0.490 e. The first-order valence-corrected chi connectivity index (χ1v) is 8.32. The smallest absolute Gasteiger partial charge is 0.311 e. The van der Waals surface area contributed by atoms with Gasteiger partial charge in [0.05, 0.1) is 18.6 Å². The number of likely N-dealkylation sites (tertiary alicyclic amines) is 1. The van der Waals surface area contributed by atoms with Gasteiger partial charge < -0.3 is 19.5 Å². The predicted molar refractivity (Wildman–Crippen MR) is 89.3 cm³/mol. The molecule has 1 N–H and O–H groups in total. The van der Waals surface area contributed by atoms with Crippen LogP contribution >= 0.6 is 0 Å². The molecule has 24 heavy (non-hydrogen) atoms. The molecule has 1 aliphatic heterocycles. The van der Waals surface area contributed by atoms with Gasteiger partial charge in [-0.25, -0.2) is 0 Å². The normalized spacial score (nSPS) is 20.0. The number of aliphatic carboxylic acids is 1. The summed E-state index contributed by atoms with van der Waals surface area (Å²) in [5.74, 6) is 0.518. The van der Waals surface area contributed by atoms with Crippen molar-refractivity contribution in [2.75, 3.05) is 26.3 Å². The number of ether oxygens (including phenoxy) is 2. The van der Waals surface area contributed by atoms with E-state index < -0.39 is 11.4 Å². The number of carbonyl (C=O) groups is 2. The molecule has 0 aliphatic carbocycles. The Balaban J connectivity index is 1.75. The summed E-state index contributed by atoms with van der Waals surface area (Å²) in [5, 5.41) is 9.21. The minimum atomic E-state index is -0.839. The highest BCUT2D eigenvalue weighted by molar-refractivity contribution is 5.80. The molecule has 1 saturated heterocycles. The first-order chi connectivity index (χ1) is 11.5. The van der Waals surface area contributed by atoms with Crippen LogP contribution in [0.4, 0.5) is 0 Å². The maximum absolute atomic E-state index is 12.2. The number of para-hydroxylation sites is 2. The second kappa shape index (κ2) is 8.04. The third kappa shape index (κ3) is 4.40. The Morgan fingerprint density at radius 1 is 1.25 bits per heavy atom. The Hall–Kier alpha value is -2.24. The summed E-state index contributed by atoms with van der Waals surface area (Å²) in [5.41, 5.74) is -0.817. The largest absolute Gasteiger partial charge is 0.490 e. The Labute approximate surface area is 142 Å². The highest BCUT2D eigenvalue weighted by Gasteiger charge is 2.41. The van der Waals surface area contributed by atoms with E-state index in [1.165, 1.54) is 0 Å². The topological polar surface area (TPSA) is 76.1 Å². The molecule has 1 amide bonds. The SMILES string of the molecule is CCOc1ccccc1OCCCC(=O)N1CC[C@@](C)(C(=O)O)C1. The van der Waals surface area contributed by atoms with Gasteiger partial charge in [-0.2, -0.15) is 0 Å². The van der Waals surface area contributed by atoms with Crippen molar-refractivity contribution in [2.24, 2.45) is 5.41 Å². The molecule has 0 aromatic heterocycles. The van der Waals surface area contributed by atoms with Gasteiger partial charge in [-0.05, 0) is 38.8 Å². The zero-order valence-corrected chi connectivity index (χ0v) is 14.3. The summed E-state index contributed by atoms with van der Waals surface area (Å²) in [6.07, 6.45) is 1.44. The second-order valence-corrected chi connectivity index (χ2v) is 6.26. The molecule has 6 heteroatoms. The first kappa shape index (κ1) is 18.1. The number of carbonyl (C=O) groups excluding carboxylic acids is 1. The second-order valence-electron chi connectivity index (χ2n) is 6.26. The number of hydrogen-bond acceptors (Lipinski definition) is 4. The van der Waals surface area contributed by atoms with E-state index in [4.69, 9.17) is 9.47 Å². The zero-order chi connectivity index (χ0) is 17.6. The zero-order valence-electron chi connectivity index (χ0n) is 14.3. The number of hydrogen-bond donors (Lipinski definition) is 1. The van der Waals surface area contributed by atoms with Gasteiger partial charge in [0.1, 0.15) is 0 Å². The first-order valence-electron chi connectivity index (χ1n) is 8.32. The van der Waals surface area contributed by atoms with Gasteiger partial charge in [-0.1, -0.05) is 12.1 Å². The Morgan fingerprint density at radius 2 is 1.92 bits per heavy atom. The molecule has 6 nitrogen and oxygen atoms in total. The fraction of sp³-hybridized carbons (Fsp3) is 0.556. The summed E-state index contributed by atoms with van der Waals surface area (Å²) in [6.45, 7) is 5.38. The molecular formula is C18H25NO5. The van der Waals surface area contributed by atoms with E-state index in [1.807, 2.05) is 31.2 Å². The van der Waals surface area contributed by atoms with Crippen LogP contribution in [-0.2, 0) is 9.59 Å². The van der Waals surface area contributed by atoms with Gasteiger partial charge in [0.25, 0.3) is 0 Å². The van der Waals surface area contributed by atoms with Crippen LogP contribution in [-0.4, -0.2) is 48.2 Å². The van der Waals surface area contributed by atoms with Crippen LogP contribution in [0.1, 0.15) is 33.1 Å². The third-order valence-corrected chi connectivity index (χ3v) is 4.28. The van der Waals surface area contributed by atoms with Crippen molar-refractivity contribution in [1.82, 2.24) is 4.90 Å². The Bertz CT molecular complexity index is 589. The minimum absolute atomic E-state index is 0.0123. The summed E-state index contributed by atoms with van der Waals surface area (Å²) >= 11 is 0. The lowest BCUT2D eigenvalue weighted by atomic mass is 9.90. The summed E-state index contributed by atoms with van der Waals surface area (Å²) in [6, 6.07) is 7.45. The van der Waals surface area contributed by atoms with E-state index >= 15 is 0 Å². The van der Waals surface area contributed by atoms with Crippen molar-refractivity contribution >= 4 is 11.9 Å². The molecule has 0 bridgehead atoms. The molecule has 1 atom stereocenters. The van der Waals surface area contributed by atoms with Crippen LogP contribution < -0.4 is 9.47 Å². The number of carboxylic acids is 1. The molecule has 1 aromatic carbocycles. The fourth-order valence-electron chi connectivity index (χ4n) is 2.76. The maximum Gasteiger partial charge on any atom is 0.311 e. The van der Waals surface area contributed by atoms with E-state index in [1.54, 1.807) is 11.8 Å². The Kier molecular flexibility index (Phi) is 6.06. The lowest BCUT2D eigenvalue weighted by molar-refractivity contribution is -0.147. The number of nitrogens with zero attached hydrogens (tertiary/aromatic N) is 1. The average Bonchev–Trinajstić information content (AvgIpc) is 2.97. The molecule has 132 valence electrons. The molecule has 1 fully saturated rings. The van der Waals surface area contributed by atoms with Gasteiger partial charge >= 0.3 is 5.97 Å². The van der Waals surface area contributed by atoms with Gasteiger partial charge in [-0.15, -0.1) is 0 Å². The van der Waals surface area contributed by atoms with Crippen LogP contribution in [0.5, 0.6) is 11.5 Å². The van der Waals surface area contributed by atoms with Gasteiger partial charge in [-0.3, -0.25) is 9.59 Å². The number of rotatable bonds is 8. The number of carboxylic acid groups (broad SMARTS) is 1. The van der Waals surface area contributed by atoms with Crippen LogP contribution in [0.2, 0.25) is 0 Å². The number of amides is 1. The van der Waals surface area contributed by atoms with E-state index in [0.29, 0.717) is 50.5 Å². The van der Waals surface area contributed by atoms with Crippen LogP contribution in [0, 0.1) is 5.41 Å². The van der Waals surface area contributed by atoms with Crippen molar-refractivity contribution in [3.8, 4) is 11.5 Å². The van der Waals surface area contributed by atoms with Crippen molar-refractivity contribution < 1.29 is 24.2 Å². The van der Waals surface area contributed by atoms with Crippen LogP contribution in [0.25, 0.3) is 0 Å². The van der Waals surface area contributed by atoms with E-state index in [2.05, 4.69) is 0 Å². The predicted octanol–water partition coefficient (Wildman–Crippen LogP) is 2.57. The molecule has 1 aromatic rings. The molecular weight excluding hydrogens is 310 g/mol. The lowest BCUT2D eigenvalue weighted by Gasteiger charge is -2.20. The monoisotopic (exact) mass is 335 g/mol. The number of benzene rings is 1. The Morgan fingerprint density at radius 3 is 2.50 bits per heavy atom. The molecule has 2 rings (SSSR count). The summed E-state index contributed by atoms with van der Waals surface area (Å²) in [7, 11) is 0.